The lowest BCUT2D eigenvalue weighted by molar-refractivity contribution is 0.0650. The van der Waals surface area contributed by atoms with Gasteiger partial charge in [-0.3, -0.25) is 4.21 Å². The molecule has 2 unspecified atom stereocenters. The van der Waals surface area contributed by atoms with Crippen LogP contribution in [0.3, 0.4) is 0 Å². The van der Waals surface area contributed by atoms with Gasteiger partial charge in [-0.2, -0.15) is 0 Å². The molecule has 0 aromatic rings. The Balaban J connectivity index is 3.87. The van der Waals surface area contributed by atoms with Crippen LogP contribution < -0.4 is 10.6 Å². The Bertz CT molecular complexity index is 319. The van der Waals surface area contributed by atoms with Crippen LogP contribution in [0.2, 0.25) is 0 Å². The molecule has 0 aromatic heterocycles. The highest BCUT2D eigenvalue weighted by Crippen LogP contribution is 2.17. The van der Waals surface area contributed by atoms with E-state index in [1.54, 1.807) is 0 Å². The van der Waals surface area contributed by atoms with Crippen molar-refractivity contribution < 1.29 is 14.1 Å². The lowest BCUT2D eigenvalue weighted by Gasteiger charge is -2.26. The fraction of sp³-hybridized carbons (Fsp3) is 0.923. The standard InChI is InChI=1S/C13H28N2O3S/c1-12(2,3)10(16)9-15-11(17)14-7-8-19(18)13(4,5)6/h10,16H,7-9H2,1-6H3,(H2,14,15,17). The number of nitrogens with one attached hydrogen (secondary N) is 2. The molecule has 0 heterocycles. The molecule has 3 N–H and O–H groups in total. The van der Waals surface area contributed by atoms with Gasteiger partial charge in [0, 0.05) is 34.4 Å². The van der Waals surface area contributed by atoms with E-state index in [2.05, 4.69) is 10.6 Å². The van der Waals surface area contributed by atoms with Gasteiger partial charge in [-0.25, -0.2) is 4.79 Å². The Morgan fingerprint density at radius 3 is 2.11 bits per heavy atom. The maximum atomic E-state index is 11.7. The van der Waals surface area contributed by atoms with E-state index >= 15 is 0 Å². The Labute approximate surface area is 119 Å². The Kier molecular flexibility index (Phi) is 7.00. The number of carbonyl (C=O) groups excluding carboxylic acids is 1. The minimum Gasteiger partial charge on any atom is -0.391 e. The summed E-state index contributed by atoms with van der Waals surface area (Å²) in [6.45, 7) is 12.0. The van der Waals surface area contributed by atoms with Crippen LogP contribution in [0, 0.1) is 5.41 Å². The normalized spacial score (nSPS) is 15.7. The van der Waals surface area contributed by atoms with Crippen LogP contribution in [-0.2, 0) is 10.8 Å². The van der Waals surface area contributed by atoms with Crippen molar-refractivity contribution in [1.29, 1.82) is 0 Å². The third-order valence-corrected chi connectivity index (χ3v) is 4.65. The van der Waals surface area contributed by atoms with Gasteiger partial charge in [0.15, 0.2) is 0 Å². The highest BCUT2D eigenvalue weighted by molar-refractivity contribution is 7.86. The van der Waals surface area contributed by atoms with Crippen LogP contribution in [0.1, 0.15) is 41.5 Å². The van der Waals surface area contributed by atoms with Crippen molar-refractivity contribution in [3.05, 3.63) is 0 Å². The minimum absolute atomic E-state index is 0.206. The molecule has 6 heteroatoms. The summed E-state index contributed by atoms with van der Waals surface area (Å²) in [4.78, 5) is 11.5. The van der Waals surface area contributed by atoms with Crippen LogP contribution >= 0.6 is 0 Å². The molecule has 0 aliphatic heterocycles. The van der Waals surface area contributed by atoms with E-state index in [0.717, 1.165) is 0 Å². The Morgan fingerprint density at radius 2 is 1.68 bits per heavy atom. The van der Waals surface area contributed by atoms with Crippen LogP contribution in [-0.4, -0.2) is 45.0 Å². The zero-order chi connectivity index (χ0) is 15.3. The summed E-state index contributed by atoms with van der Waals surface area (Å²) in [7, 11) is -0.972. The van der Waals surface area contributed by atoms with Gasteiger partial charge in [-0.15, -0.1) is 0 Å². The summed E-state index contributed by atoms with van der Waals surface area (Å²) < 4.78 is 11.5. The number of aliphatic hydroxyl groups excluding tert-OH is 1. The molecule has 0 spiro atoms. The fourth-order valence-corrected chi connectivity index (χ4v) is 2.02. The van der Waals surface area contributed by atoms with E-state index < -0.39 is 16.9 Å². The monoisotopic (exact) mass is 292 g/mol. The summed E-state index contributed by atoms with van der Waals surface area (Å²) in [5.74, 6) is 0.429. The number of carbonyl (C=O) groups is 1. The van der Waals surface area contributed by atoms with Crippen LogP contribution in [0.25, 0.3) is 0 Å². The third-order valence-electron chi connectivity index (χ3n) is 2.71. The molecule has 114 valence electrons. The van der Waals surface area contributed by atoms with Crippen LogP contribution in [0.4, 0.5) is 4.79 Å². The first kappa shape index (κ1) is 18.4. The van der Waals surface area contributed by atoms with E-state index in [4.69, 9.17) is 0 Å². The molecule has 5 nitrogen and oxygen atoms in total. The molecule has 2 atom stereocenters. The van der Waals surface area contributed by atoms with Crippen molar-refractivity contribution in [2.75, 3.05) is 18.8 Å². The molecule has 0 aliphatic rings. The maximum absolute atomic E-state index is 11.7. The summed E-state index contributed by atoms with van der Waals surface area (Å²) in [6.07, 6.45) is -0.595. The van der Waals surface area contributed by atoms with Gasteiger partial charge in [-0.05, 0) is 26.2 Å². The van der Waals surface area contributed by atoms with Gasteiger partial charge in [0.2, 0.25) is 0 Å². The zero-order valence-electron chi connectivity index (χ0n) is 12.9. The Hall–Kier alpha value is -0.620. The first-order valence-corrected chi connectivity index (χ1v) is 7.84. The molecule has 0 bridgehead atoms. The lowest BCUT2D eigenvalue weighted by atomic mass is 9.89. The molecule has 0 rings (SSSR count). The lowest BCUT2D eigenvalue weighted by Crippen LogP contribution is -2.44. The van der Waals surface area contributed by atoms with E-state index in [0.29, 0.717) is 12.3 Å². The maximum Gasteiger partial charge on any atom is 0.314 e. The van der Waals surface area contributed by atoms with Crippen LogP contribution in [0.15, 0.2) is 0 Å². The van der Waals surface area contributed by atoms with Crippen molar-refractivity contribution in [1.82, 2.24) is 10.6 Å². The second-order valence-corrected chi connectivity index (χ2v) is 9.00. The van der Waals surface area contributed by atoms with Gasteiger partial charge in [0.25, 0.3) is 0 Å². The second kappa shape index (κ2) is 7.24. The number of amides is 2. The Morgan fingerprint density at radius 1 is 1.16 bits per heavy atom. The van der Waals surface area contributed by atoms with E-state index in [-0.39, 0.29) is 22.7 Å². The van der Waals surface area contributed by atoms with Crippen molar-refractivity contribution >= 4 is 16.8 Å². The summed E-state index contributed by atoms with van der Waals surface area (Å²) in [5, 5.41) is 15.0. The molecular formula is C13H28N2O3S. The largest absolute Gasteiger partial charge is 0.391 e. The number of rotatable bonds is 5. The molecule has 0 saturated heterocycles. The molecular weight excluding hydrogens is 264 g/mol. The average molecular weight is 292 g/mol. The zero-order valence-corrected chi connectivity index (χ0v) is 13.7. The van der Waals surface area contributed by atoms with Gasteiger partial charge in [-0.1, -0.05) is 20.8 Å². The first-order chi connectivity index (χ1) is 8.44. The van der Waals surface area contributed by atoms with Crippen molar-refractivity contribution in [2.24, 2.45) is 5.41 Å². The quantitative estimate of drug-likeness (QED) is 0.713. The summed E-state index contributed by atoms with van der Waals surface area (Å²) in [5.41, 5.74) is -0.263. The first-order valence-electron chi connectivity index (χ1n) is 6.53. The van der Waals surface area contributed by atoms with E-state index in [1.165, 1.54) is 0 Å². The smallest absolute Gasteiger partial charge is 0.314 e. The molecule has 0 fully saturated rings. The molecule has 2 amide bonds. The van der Waals surface area contributed by atoms with Gasteiger partial charge < -0.3 is 15.7 Å². The minimum atomic E-state index is -0.972. The molecule has 0 aliphatic carbocycles. The molecule has 0 aromatic carbocycles. The molecule has 19 heavy (non-hydrogen) atoms. The fourth-order valence-electron chi connectivity index (χ4n) is 1.12. The number of hydrogen-bond donors (Lipinski definition) is 3. The average Bonchev–Trinajstić information content (AvgIpc) is 2.22. The number of hydrogen-bond acceptors (Lipinski definition) is 3. The van der Waals surface area contributed by atoms with E-state index in [1.807, 2.05) is 41.5 Å². The summed E-state index contributed by atoms with van der Waals surface area (Å²) in [6, 6.07) is -0.339. The van der Waals surface area contributed by atoms with E-state index in [9.17, 15) is 14.1 Å². The van der Waals surface area contributed by atoms with Crippen molar-refractivity contribution in [2.45, 2.75) is 52.4 Å². The second-order valence-electron chi connectivity index (χ2n) is 6.68. The third kappa shape index (κ3) is 8.21. The predicted octanol–water partition coefficient (Wildman–Crippen LogP) is 1.24. The van der Waals surface area contributed by atoms with Crippen molar-refractivity contribution in [3.63, 3.8) is 0 Å². The van der Waals surface area contributed by atoms with Crippen molar-refractivity contribution in [3.8, 4) is 0 Å². The SMILES string of the molecule is CC(C)(C)C(O)CNC(=O)NCCS(=O)C(C)(C)C. The molecule has 0 radical (unpaired) electrons. The summed E-state index contributed by atoms with van der Waals surface area (Å²) >= 11 is 0. The van der Waals surface area contributed by atoms with Crippen LogP contribution in [0.5, 0.6) is 0 Å². The number of aliphatic hydroxyl groups is 1. The predicted molar refractivity (Wildman–Crippen MR) is 79.6 cm³/mol. The van der Waals surface area contributed by atoms with Gasteiger partial charge >= 0.3 is 6.03 Å². The topological polar surface area (TPSA) is 78.4 Å². The highest BCUT2D eigenvalue weighted by Gasteiger charge is 2.22. The van der Waals surface area contributed by atoms with Gasteiger partial charge in [0.05, 0.1) is 6.10 Å². The number of urea groups is 1. The highest BCUT2D eigenvalue weighted by atomic mass is 32.2. The molecule has 0 saturated carbocycles. The van der Waals surface area contributed by atoms with Gasteiger partial charge in [0.1, 0.15) is 0 Å².